The molecule has 0 aromatic carbocycles. The van der Waals surface area contributed by atoms with Gasteiger partial charge in [0.25, 0.3) is 0 Å². The molecular weight excluding hydrogens is 296 g/mol. The number of nitrogens with zero attached hydrogens (tertiary/aromatic N) is 1. The third-order valence-electron chi connectivity index (χ3n) is 3.68. The molecule has 0 saturated heterocycles. The van der Waals surface area contributed by atoms with Gasteiger partial charge in [0.2, 0.25) is 0 Å². The van der Waals surface area contributed by atoms with Crippen molar-refractivity contribution in [3.63, 3.8) is 0 Å². The fourth-order valence-corrected chi connectivity index (χ4v) is 4.18. The fraction of sp³-hybridized carbons (Fsp3) is 0.692. The summed E-state index contributed by atoms with van der Waals surface area (Å²) < 4.78 is 1.25. The molecule has 2 rings (SSSR count). The second-order valence-electron chi connectivity index (χ2n) is 5.10. The van der Waals surface area contributed by atoms with Crippen LogP contribution in [0.5, 0.6) is 0 Å². The first-order chi connectivity index (χ1) is 8.06. The van der Waals surface area contributed by atoms with E-state index in [1.807, 2.05) is 11.3 Å². The number of rotatable bonds is 3. The van der Waals surface area contributed by atoms with Gasteiger partial charge >= 0.3 is 0 Å². The van der Waals surface area contributed by atoms with E-state index in [0.717, 1.165) is 12.6 Å². The quantitative estimate of drug-likeness (QED) is 0.924. The van der Waals surface area contributed by atoms with Crippen LogP contribution in [0.2, 0.25) is 0 Å². The predicted octanol–water partition coefficient (Wildman–Crippen LogP) is 3.52. The van der Waals surface area contributed by atoms with E-state index in [-0.39, 0.29) is 0 Å². The molecule has 1 aromatic rings. The minimum Gasteiger partial charge on any atom is -0.328 e. The van der Waals surface area contributed by atoms with Crippen molar-refractivity contribution in [2.75, 3.05) is 7.05 Å². The van der Waals surface area contributed by atoms with Crippen LogP contribution in [0.15, 0.2) is 10.5 Å². The first-order valence-corrected chi connectivity index (χ1v) is 7.88. The summed E-state index contributed by atoms with van der Waals surface area (Å²) in [6, 6.07) is 3.42. The standard InChI is InChI=1S/C13H21BrN2S/c1-9-13(14)7-12(17-9)8-16(2)11-5-3-10(15)4-6-11/h7,10-11H,3-6,8,15H2,1-2H3. The van der Waals surface area contributed by atoms with E-state index in [0.29, 0.717) is 6.04 Å². The highest BCUT2D eigenvalue weighted by Crippen LogP contribution is 2.29. The number of thiophene rings is 1. The summed E-state index contributed by atoms with van der Waals surface area (Å²) >= 11 is 5.48. The van der Waals surface area contributed by atoms with Gasteiger partial charge in [0.05, 0.1) is 0 Å². The highest BCUT2D eigenvalue weighted by atomic mass is 79.9. The van der Waals surface area contributed by atoms with Crippen molar-refractivity contribution in [2.45, 2.75) is 51.2 Å². The van der Waals surface area contributed by atoms with E-state index in [9.17, 15) is 0 Å². The molecule has 1 saturated carbocycles. The van der Waals surface area contributed by atoms with Gasteiger partial charge in [0.15, 0.2) is 0 Å². The summed E-state index contributed by atoms with van der Waals surface area (Å²) in [6.45, 7) is 3.23. The van der Waals surface area contributed by atoms with Crippen LogP contribution >= 0.6 is 27.3 Å². The molecule has 1 fully saturated rings. The van der Waals surface area contributed by atoms with Gasteiger partial charge in [-0.05, 0) is 61.7 Å². The van der Waals surface area contributed by atoms with Crippen LogP contribution < -0.4 is 5.73 Å². The molecule has 96 valence electrons. The van der Waals surface area contributed by atoms with Crippen molar-refractivity contribution in [1.82, 2.24) is 4.90 Å². The zero-order chi connectivity index (χ0) is 12.4. The largest absolute Gasteiger partial charge is 0.328 e. The van der Waals surface area contributed by atoms with Crippen LogP contribution in [-0.2, 0) is 6.54 Å². The normalized spacial score (nSPS) is 25.5. The first-order valence-electron chi connectivity index (χ1n) is 6.27. The average molecular weight is 317 g/mol. The number of nitrogens with two attached hydrogens (primary N) is 1. The molecular formula is C13H21BrN2S. The van der Waals surface area contributed by atoms with E-state index in [1.165, 1.54) is 39.9 Å². The maximum atomic E-state index is 5.95. The molecule has 2 N–H and O–H groups in total. The molecule has 1 aliphatic carbocycles. The van der Waals surface area contributed by atoms with Crippen LogP contribution in [-0.4, -0.2) is 24.0 Å². The topological polar surface area (TPSA) is 29.3 Å². The smallest absolute Gasteiger partial charge is 0.0328 e. The Balaban J connectivity index is 1.90. The Hall–Kier alpha value is 0.100. The van der Waals surface area contributed by atoms with Gasteiger partial charge in [0.1, 0.15) is 0 Å². The highest BCUT2D eigenvalue weighted by molar-refractivity contribution is 9.10. The fourth-order valence-electron chi connectivity index (χ4n) is 2.51. The molecule has 4 heteroatoms. The number of halogens is 1. The summed E-state index contributed by atoms with van der Waals surface area (Å²) in [6.07, 6.45) is 4.87. The zero-order valence-electron chi connectivity index (χ0n) is 10.6. The Bertz CT molecular complexity index is 350. The molecule has 0 bridgehead atoms. The van der Waals surface area contributed by atoms with Crippen LogP contribution in [0, 0.1) is 6.92 Å². The molecule has 1 aromatic heterocycles. The third-order valence-corrected chi connectivity index (χ3v) is 5.80. The van der Waals surface area contributed by atoms with Crippen LogP contribution in [0.3, 0.4) is 0 Å². The van der Waals surface area contributed by atoms with Gasteiger partial charge < -0.3 is 5.73 Å². The van der Waals surface area contributed by atoms with Crippen molar-refractivity contribution in [2.24, 2.45) is 5.73 Å². The van der Waals surface area contributed by atoms with Crippen molar-refractivity contribution >= 4 is 27.3 Å². The van der Waals surface area contributed by atoms with Gasteiger partial charge in [-0.2, -0.15) is 0 Å². The maximum absolute atomic E-state index is 5.95. The van der Waals surface area contributed by atoms with Crippen molar-refractivity contribution < 1.29 is 0 Å². The van der Waals surface area contributed by atoms with Crippen LogP contribution in [0.1, 0.15) is 35.4 Å². The molecule has 0 spiro atoms. The van der Waals surface area contributed by atoms with E-state index in [1.54, 1.807) is 0 Å². The Morgan fingerprint density at radius 2 is 2.06 bits per heavy atom. The second kappa shape index (κ2) is 5.83. The van der Waals surface area contributed by atoms with E-state index >= 15 is 0 Å². The van der Waals surface area contributed by atoms with Gasteiger partial charge in [-0.1, -0.05) is 0 Å². The highest BCUT2D eigenvalue weighted by Gasteiger charge is 2.22. The summed E-state index contributed by atoms with van der Waals surface area (Å²) in [5.41, 5.74) is 5.95. The number of aryl methyl sites for hydroxylation is 1. The summed E-state index contributed by atoms with van der Waals surface area (Å²) in [4.78, 5) is 5.31. The molecule has 0 unspecified atom stereocenters. The zero-order valence-corrected chi connectivity index (χ0v) is 13.0. The second-order valence-corrected chi connectivity index (χ2v) is 7.30. The molecule has 0 atom stereocenters. The minimum atomic E-state index is 0.442. The van der Waals surface area contributed by atoms with Gasteiger partial charge in [-0.25, -0.2) is 0 Å². The SMILES string of the molecule is Cc1sc(CN(C)C2CCC(N)CC2)cc1Br. The minimum absolute atomic E-state index is 0.442. The Morgan fingerprint density at radius 3 is 2.59 bits per heavy atom. The average Bonchev–Trinajstić information content (AvgIpc) is 2.58. The van der Waals surface area contributed by atoms with Gasteiger partial charge in [-0.15, -0.1) is 11.3 Å². The van der Waals surface area contributed by atoms with Crippen LogP contribution in [0.4, 0.5) is 0 Å². The lowest BCUT2D eigenvalue weighted by Gasteiger charge is -2.33. The molecule has 0 aliphatic heterocycles. The van der Waals surface area contributed by atoms with Gasteiger partial charge in [0, 0.05) is 32.9 Å². The predicted molar refractivity (Wildman–Crippen MR) is 78.5 cm³/mol. The van der Waals surface area contributed by atoms with Crippen LogP contribution in [0.25, 0.3) is 0 Å². The molecule has 0 radical (unpaired) electrons. The summed E-state index contributed by atoms with van der Waals surface area (Å²) in [5.74, 6) is 0. The van der Waals surface area contributed by atoms with Gasteiger partial charge in [-0.3, -0.25) is 4.90 Å². The number of hydrogen-bond acceptors (Lipinski definition) is 3. The van der Waals surface area contributed by atoms with Crippen molar-refractivity contribution in [3.8, 4) is 0 Å². The van der Waals surface area contributed by atoms with E-state index in [2.05, 4.69) is 40.9 Å². The maximum Gasteiger partial charge on any atom is 0.0328 e. The molecule has 2 nitrogen and oxygen atoms in total. The molecule has 1 heterocycles. The summed E-state index contributed by atoms with van der Waals surface area (Å²) in [5, 5.41) is 0. The van der Waals surface area contributed by atoms with Crippen molar-refractivity contribution in [3.05, 3.63) is 20.3 Å². The lowest BCUT2D eigenvalue weighted by atomic mass is 9.91. The Labute approximate surface area is 116 Å². The van der Waals surface area contributed by atoms with E-state index in [4.69, 9.17) is 5.73 Å². The Kier molecular flexibility index (Phi) is 4.64. The first kappa shape index (κ1) is 13.5. The monoisotopic (exact) mass is 316 g/mol. The molecule has 1 aliphatic rings. The van der Waals surface area contributed by atoms with E-state index < -0.39 is 0 Å². The molecule has 0 amide bonds. The number of hydrogen-bond donors (Lipinski definition) is 1. The van der Waals surface area contributed by atoms with Crippen molar-refractivity contribution in [1.29, 1.82) is 0 Å². The Morgan fingerprint density at radius 1 is 1.41 bits per heavy atom. The third kappa shape index (κ3) is 3.53. The summed E-state index contributed by atoms with van der Waals surface area (Å²) in [7, 11) is 2.24. The molecule has 17 heavy (non-hydrogen) atoms. The lowest BCUT2D eigenvalue weighted by Crippen LogP contribution is -2.38. The lowest BCUT2D eigenvalue weighted by molar-refractivity contribution is 0.177.